The van der Waals surface area contributed by atoms with Gasteiger partial charge in [-0.3, -0.25) is 9.89 Å². The van der Waals surface area contributed by atoms with Gasteiger partial charge in [-0.15, -0.1) is 10.2 Å². The predicted octanol–water partition coefficient (Wildman–Crippen LogP) is 2.97. The summed E-state index contributed by atoms with van der Waals surface area (Å²) in [5.74, 6) is -1.82. The summed E-state index contributed by atoms with van der Waals surface area (Å²) in [5.41, 5.74) is 0.522. The Morgan fingerprint density at radius 2 is 2.07 bits per heavy atom. The maximum Gasteiger partial charge on any atom is 0.228 e. The van der Waals surface area contributed by atoms with Gasteiger partial charge in [-0.25, -0.2) is 8.78 Å². The van der Waals surface area contributed by atoms with Crippen molar-refractivity contribution in [2.45, 2.75) is 19.8 Å². The molecule has 1 amide bonds. The molecule has 0 aliphatic carbocycles. The highest BCUT2D eigenvalue weighted by atomic mass is 19.2. The quantitative estimate of drug-likeness (QED) is 0.720. The molecule has 1 saturated heterocycles. The third kappa shape index (κ3) is 3.45. The third-order valence-corrected chi connectivity index (χ3v) is 5.20. The van der Waals surface area contributed by atoms with Gasteiger partial charge < -0.3 is 10.2 Å². The summed E-state index contributed by atoms with van der Waals surface area (Å²) < 4.78 is 27.6. The lowest BCUT2D eigenvalue weighted by molar-refractivity contribution is -0.121. The molecule has 1 aliphatic heterocycles. The summed E-state index contributed by atoms with van der Waals surface area (Å²) in [6.07, 6.45) is 1.59. The second-order valence-electron chi connectivity index (χ2n) is 6.86. The number of rotatable bonds is 4. The molecule has 9 heteroatoms. The standard InChI is InChI=1S/C19H20F2N6O/c1-2-27-8-6-11(7-9-27)19(28)22-17-13-10-15(23-25-18(13)26-24-17)12-4-3-5-14(20)16(12)21/h3-5,10-11H,2,6-9H2,1H3,(H2,22,24,25,26,28). The maximum absolute atomic E-state index is 14.1. The van der Waals surface area contributed by atoms with Crippen LogP contribution in [0.15, 0.2) is 24.3 Å². The number of halogens is 2. The fourth-order valence-electron chi connectivity index (χ4n) is 3.48. The molecule has 28 heavy (non-hydrogen) atoms. The molecule has 0 atom stereocenters. The molecular formula is C19H20F2N6O. The number of anilines is 1. The van der Waals surface area contributed by atoms with E-state index in [4.69, 9.17) is 0 Å². The molecular weight excluding hydrogens is 366 g/mol. The summed E-state index contributed by atoms with van der Waals surface area (Å²) in [7, 11) is 0. The number of nitrogens with zero attached hydrogens (tertiary/aromatic N) is 4. The molecule has 2 N–H and O–H groups in total. The van der Waals surface area contributed by atoms with Crippen LogP contribution in [0.25, 0.3) is 22.3 Å². The van der Waals surface area contributed by atoms with E-state index in [1.807, 2.05) is 0 Å². The summed E-state index contributed by atoms with van der Waals surface area (Å²) in [6.45, 7) is 4.88. The first-order valence-corrected chi connectivity index (χ1v) is 9.26. The minimum atomic E-state index is -0.993. The first-order valence-electron chi connectivity index (χ1n) is 9.26. The Morgan fingerprint density at radius 1 is 1.29 bits per heavy atom. The van der Waals surface area contributed by atoms with E-state index < -0.39 is 11.6 Å². The van der Waals surface area contributed by atoms with Crippen molar-refractivity contribution < 1.29 is 13.6 Å². The highest BCUT2D eigenvalue weighted by Crippen LogP contribution is 2.27. The van der Waals surface area contributed by atoms with Gasteiger partial charge in [0.2, 0.25) is 5.91 Å². The number of aromatic nitrogens is 4. The molecule has 146 valence electrons. The molecule has 4 rings (SSSR count). The molecule has 1 aliphatic rings. The van der Waals surface area contributed by atoms with Crippen molar-refractivity contribution >= 4 is 22.8 Å². The van der Waals surface area contributed by atoms with Crippen LogP contribution < -0.4 is 5.32 Å². The van der Waals surface area contributed by atoms with Crippen LogP contribution in [0.4, 0.5) is 14.6 Å². The van der Waals surface area contributed by atoms with Gasteiger partial charge in [-0.1, -0.05) is 13.0 Å². The number of hydrogen-bond acceptors (Lipinski definition) is 5. The van der Waals surface area contributed by atoms with Crippen LogP contribution in [0, 0.1) is 17.6 Å². The minimum absolute atomic E-state index is 0.000172. The van der Waals surface area contributed by atoms with Crippen LogP contribution in [-0.2, 0) is 4.79 Å². The lowest BCUT2D eigenvalue weighted by atomic mass is 9.96. The number of aromatic amines is 1. The monoisotopic (exact) mass is 386 g/mol. The highest BCUT2D eigenvalue weighted by Gasteiger charge is 2.25. The number of amides is 1. The second-order valence-corrected chi connectivity index (χ2v) is 6.86. The van der Waals surface area contributed by atoms with E-state index in [9.17, 15) is 13.6 Å². The Bertz CT molecular complexity index is 1010. The van der Waals surface area contributed by atoms with Crippen molar-refractivity contribution in [1.29, 1.82) is 0 Å². The average molecular weight is 386 g/mol. The van der Waals surface area contributed by atoms with E-state index in [0.717, 1.165) is 38.5 Å². The van der Waals surface area contributed by atoms with Gasteiger partial charge in [0.25, 0.3) is 0 Å². The van der Waals surface area contributed by atoms with E-state index in [1.54, 1.807) is 6.07 Å². The number of fused-ring (bicyclic) bond motifs is 1. The number of H-pyrrole nitrogens is 1. The summed E-state index contributed by atoms with van der Waals surface area (Å²) in [5, 5.41) is 18.0. The molecule has 1 fully saturated rings. The summed E-state index contributed by atoms with van der Waals surface area (Å²) >= 11 is 0. The molecule has 0 radical (unpaired) electrons. The van der Waals surface area contributed by atoms with E-state index in [0.29, 0.717) is 16.9 Å². The molecule has 2 aromatic heterocycles. The zero-order valence-electron chi connectivity index (χ0n) is 15.4. The van der Waals surface area contributed by atoms with Crippen LogP contribution in [-0.4, -0.2) is 50.8 Å². The number of carbonyl (C=O) groups excluding carboxylic acids is 1. The van der Waals surface area contributed by atoms with E-state index in [1.165, 1.54) is 12.1 Å². The topological polar surface area (TPSA) is 86.8 Å². The van der Waals surface area contributed by atoms with Crippen LogP contribution in [0.1, 0.15) is 19.8 Å². The predicted molar refractivity (Wildman–Crippen MR) is 101 cm³/mol. The van der Waals surface area contributed by atoms with Gasteiger partial charge in [-0.05, 0) is 50.7 Å². The van der Waals surface area contributed by atoms with Crippen molar-refractivity contribution in [3.63, 3.8) is 0 Å². The SMILES string of the molecule is CCN1CCC(C(=O)Nc2n[nH]c3nnc(-c4cccc(F)c4F)cc23)CC1. The van der Waals surface area contributed by atoms with Gasteiger partial charge in [0.05, 0.1) is 11.1 Å². The lowest BCUT2D eigenvalue weighted by Crippen LogP contribution is -2.38. The van der Waals surface area contributed by atoms with Crippen LogP contribution >= 0.6 is 0 Å². The van der Waals surface area contributed by atoms with Gasteiger partial charge in [0.1, 0.15) is 0 Å². The molecule has 3 aromatic rings. The lowest BCUT2D eigenvalue weighted by Gasteiger charge is -2.30. The van der Waals surface area contributed by atoms with E-state index in [-0.39, 0.29) is 23.1 Å². The molecule has 7 nitrogen and oxygen atoms in total. The number of piperidine rings is 1. The number of benzene rings is 1. The van der Waals surface area contributed by atoms with Crippen molar-refractivity contribution in [1.82, 2.24) is 25.3 Å². The normalized spacial score (nSPS) is 15.8. The number of carbonyl (C=O) groups is 1. The van der Waals surface area contributed by atoms with Gasteiger partial charge in [0, 0.05) is 11.5 Å². The Labute approximate surface area is 160 Å². The Hall–Kier alpha value is -2.94. The summed E-state index contributed by atoms with van der Waals surface area (Å²) in [4.78, 5) is 14.9. The number of likely N-dealkylation sites (tertiary alicyclic amines) is 1. The fourth-order valence-corrected chi connectivity index (χ4v) is 3.48. The third-order valence-electron chi connectivity index (χ3n) is 5.20. The average Bonchev–Trinajstić information content (AvgIpc) is 3.12. The Balaban J connectivity index is 1.58. The molecule has 0 bridgehead atoms. The molecule has 3 heterocycles. The number of nitrogens with one attached hydrogen (secondary N) is 2. The van der Waals surface area contributed by atoms with Crippen molar-refractivity contribution in [3.8, 4) is 11.3 Å². The van der Waals surface area contributed by atoms with Crippen molar-refractivity contribution in [2.75, 3.05) is 25.0 Å². The number of hydrogen-bond donors (Lipinski definition) is 2. The smallest absolute Gasteiger partial charge is 0.228 e. The molecule has 0 saturated carbocycles. The van der Waals surface area contributed by atoms with E-state index in [2.05, 4.69) is 37.5 Å². The molecule has 1 aromatic carbocycles. The molecule has 0 spiro atoms. The Morgan fingerprint density at radius 3 is 2.82 bits per heavy atom. The highest BCUT2D eigenvalue weighted by molar-refractivity contribution is 6.00. The van der Waals surface area contributed by atoms with Gasteiger partial charge in [0.15, 0.2) is 23.1 Å². The van der Waals surface area contributed by atoms with E-state index >= 15 is 0 Å². The first-order chi connectivity index (χ1) is 13.6. The van der Waals surface area contributed by atoms with Crippen LogP contribution in [0.2, 0.25) is 0 Å². The van der Waals surface area contributed by atoms with Gasteiger partial charge >= 0.3 is 0 Å². The van der Waals surface area contributed by atoms with Gasteiger partial charge in [-0.2, -0.15) is 5.10 Å². The fraction of sp³-hybridized carbons (Fsp3) is 0.368. The second kappa shape index (κ2) is 7.59. The van der Waals surface area contributed by atoms with Crippen LogP contribution in [0.3, 0.4) is 0 Å². The minimum Gasteiger partial charge on any atom is -0.308 e. The summed E-state index contributed by atoms with van der Waals surface area (Å²) in [6, 6.07) is 5.41. The maximum atomic E-state index is 14.1. The van der Waals surface area contributed by atoms with Crippen LogP contribution in [0.5, 0.6) is 0 Å². The molecule has 0 unspecified atom stereocenters. The Kier molecular flexibility index (Phi) is 4.99. The van der Waals surface area contributed by atoms with Crippen molar-refractivity contribution in [3.05, 3.63) is 35.9 Å². The van der Waals surface area contributed by atoms with Crippen molar-refractivity contribution in [2.24, 2.45) is 5.92 Å². The largest absolute Gasteiger partial charge is 0.308 e. The first kappa shape index (κ1) is 18.4. The zero-order valence-corrected chi connectivity index (χ0v) is 15.4. The zero-order chi connectivity index (χ0) is 19.7.